The molecular formula is C13H26N2O2. The Morgan fingerprint density at radius 2 is 2.06 bits per heavy atom. The van der Waals surface area contributed by atoms with E-state index in [2.05, 4.69) is 18.9 Å². The molecule has 0 amide bonds. The molecule has 0 radical (unpaired) electrons. The van der Waals surface area contributed by atoms with Crippen molar-refractivity contribution in [3.05, 3.63) is 0 Å². The fourth-order valence-electron chi connectivity index (χ4n) is 2.14. The van der Waals surface area contributed by atoms with Crippen molar-refractivity contribution in [1.82, 2.24) is 4.90 Å². The summed E-state index contributed by atoms with van der Waals surface area (Å²) in [6, 6.07) is 0. The summed E-state index contributed by atoms with van der Waals surface area (Å²) in [7, 11) is 2.10. The Morgan fingerprint density at radius 1 is 1.41 bits per heavy atom. The summed E-state index contributed by atoms with van der Waals surface area (Å²) in [5.41, 5.74) is 5.48. The van der Waals surface area contributed by atoms with E-state index in [1.54, 1.807) is 0 Å². The number of hydrogen-bond donors (Lipinski definition) is 1. The van der Waals surface area contributed by atoms with Gasteiger partial charge >= 0.3 is 5.97 Å². The molecule has 2 N–H and O–H groups in total. The summed E-state index contributed by atoms with van der Waals surface area (Å²) in [6.07, 6.45) is 4.50. The van der Waals surface area contributed by atoms with Crippen molar-refractivity contribution in [3.63, 3.8) is 0 Å². The zero-order valence-electron chi connectivity index (χ0n) is 11.2. The van der Waals surface area contributed by atoms with E-state index in [4.69, 9.17) is 10.5 Å². The maximum atomic E-state index is 11.6. The highest BCUT2D eigenvalue weighted by Crippen LogP contribution is 2.15. The topological polar surface area (TPSA) is 55.6 Å². The van der Waals surface area contributed by atoms with Crippen LogP contribution in [0, 0.1) is 5.92 Å². The van der Waals surface area contributed by atoms with Gasteiger partial charge < -0.3 is 15.4 Å². The van der Waals surface area contributed by atoms with Crippen LogP contribution in [0.4, 0.5) is 0 Å². The minimum absolute atomic E-state index is 0.0385. The Balaban J connectivity index is 2.12. The molecule has 1 aliphatic heterocycles. The Morgan fingerprint density at radius 3 is 2.65 bits per heavy atom. The maximum absolute atomic E-state index is 11.6. The Bertz CT molecular complexity index is 225. The summed E-state index contributed by atoms with van der Waals surface area (Å²) >= 11 is 0. The van der Waals surface area contributed by atoms with Gasteiger partial charge in [0, 0.05) is 19.5 Å². The van der Waals surface area contributed by atoms with Crippen LogP contribution in [-0.2, 0) is 9.53 Å². The van der Waals surface area contributed by atoms with Gasteiger partial charge in [0.15, 0.2) is 0 Å². The van der Waals surface area contributed by atoms with Crippen molar-refractivity contribution in [2.24, 2.45) is 11.7 Å². The lowest BCUT2D eigenvalue weighted by molar-refractivity contribution is -0.151. The molecule has 1 heterocycles. The van der Waals surface area contributed by atoms with Crippen molar-refractivity contribution in [3.8, 4) is 0 Å². The van der Waals surface area contributed by atoms with Gasteiger partial charge in [-0.25, -0.2) is 0 Å². The number of rotatable bonds is 6. The predicted octanol–water partition coefficient (Wildman–Crippen LogP) is 1.39. The second-order valence-corrected chi connectivity index (χ2v) is 5.21. The molecule has 0 spiro atoms. The highest BCUT2D eigenvalue weighted by atomic mass is 16.5. The largest absolute Gasteiger partial charge is 0.462 e. The van der Waals surface area contributed by atoms with Gasteiger partial charge in [0.1, 0.15) is 6.10 Å². The Kier molecular flexibility index (Phi) is 6.52. The molecule has 0 saturated carbocycles. The van der Waals surface area contributed by atoms with E-state index in [1.165, 1.54) is 0 Å². The number of likely N-dealkylation sites (tertiary alicyclic amines) is 1. The first-order valence-electron chi connectivity index (χ1n) is 6.70. The molecule has 0 aromatic rings. The number of nitrogens with two attached hydrogens (primary N) is 1. The average molecular weight is 242 g/mol. The van der Waals surface area contributed by atoms with E-state index >= 15 is 0 Å². The molecule has 1 atom stereocenters. The average Bonchev–Trinajstić information content (AvgIpc) is 2.30. The molecule has 1 rings (SSSR count). The fourth-order valence-corrected chi connectivity index (χ4v) is 2.14. The van der Waals surface area contributed by atoms with Gasteiger partial charge in [-0.2, -0.15) is 0 Å². The summed E-state index contributed by atoms with van der Waals surface area (Å²) in [6.45, 7) is 4.89. The molecule has 0 aromatic carbocycles. The lowest BCUT2D eigenvalue weighted by atomic mass is 10.0. The van der Waals surface area contributed by atoms with E-state index in [-0.39, 0.29) is 12.1 Å². The third kappa shape index (κ3) is 6.03. The number of ether oxygens (including phenoxy) is 1. The summed E-state index contributed by atoms with van der Waals surface area (Å²) in [5.74, 6) is 0.480. The van der Waals surface area contributed by atoms with E-state index < -0.39 is 0 Å². The molecule has 4 nitrogen and oxygen atoms in total. The molecule has 0 aliphatic carbocycles. The number of carbonyl (C=O) groups is 1. The van der Waals surface area contributed by atoms with Crippen molar-refractivity contribution in [2.45, 2.75) is 45.1 Å². The van der Waals surface area contributed by atoms with Crippen LogP contribution in [0.25, 0.3) is 0 Å². The number of hydrogen-bond acceptors (Lipinski definition) is 4. The molecule has 0 bridgehead atoms. The standard InChI is InChI=1S/C13H26N2O2/c1-11(5-8-14)3-4-13(16)17-12-6-9-15(2)10-7-12/h11-12H,3-10,14H2,1-2H3. The van der Waals surface area contributed by atoms with Crippen LogP contribution in [0.5, 0.6) is 0 Å². The van der Waals surface area contributed by atoms with Gasteiger partial charge in [0.05, 0.1) is 0 Å². The first-order chi connectivity index (χ1) is 8.11. The summed E-state index contributed by atoms with van der Waals surface area (Å²) in [4.78, 5) is 13.9. The Labute approximate surface area is 104 Å². The number of piperidine rings is 1. The van der Waals surface area contributed by atoms with Crippen LogP contribution in [0.3, 0.4) is 0 Å². The predicted molar refractivity (Wildman–Crippen MR) is 68.7 cm³/mol. The van der Waals surface area contributed by atoms with Gasteiger partial charge in [0.2, 0.25) is 0 Å². The summed E-state index contributed by atoms with van der Waals surface area (Å²) in [5, 5.41) is 0. The zero-order valence-corrected chi connectivity index (χ0v) is 11.2. The molecule has 1 unspecified atom stereocenters. The van der Waals surface area contributed by atoms with Crippen molar-refractivity contribution >= 4 is 5.97 Å². The number of nitrogens with zero attached hydrogens (tertiary/aromatic N) is 1. The molecule has 4 heteroatoms. The first-order valence-corrected chi connectivity index (χ1v) is 6.70. The second-order valence-electron chi connectivity index (χ2n) is 5.21. The minimum Gasteiger partial charge on any atom is -0.462 e. The van der Waals surface area contributed by atoms with E-state index in [1.807, 2.05) is 0 Å². The number of carbonyl (C=O) groups excluding carboxylic acids is 1. The van der Waals surface area contributed by atoms with Gasteiger partial charge in [-0.3, -0.25) is 4.79 Å². The van der Waals surface area contributed by atoms with Crippen molar-refractivity contribution in [2.75, 3.05) is 26.7 Å². The van der Waals surface area contributed by atoms with E-state index in [9.17, 15) is 4.79 Å². The number of esters is 1. The van der Waals surface area contributed by atoms with Crippen molar-refractivity contribution < 1.29 is 9.53 Å². The molecule has 0 aromatic heterocycles. The molecule has 1 aliphatic rings. The molecule has 17 heavy (non-hydrogen) atoms. The third-order valence-electron chi connectivity index (χ3n) is 3.46. The van der Waals surface area contributed by atoms with Crippen LogP contribution in [0.15, 0.2) is 0 Å². The van der Waals surface area contributed by atoms with Crippen LogP contribution in [0.2, 0.25) is 0 Å². The SMILES string of the molecule is CC(CCN)CCC(=O)OC1CCN(C)CC1. The second kappa shape index (κ2) is 7.67. The third-order valence-corrected chi connectivity index (χ3v) is 3.46. The van der Waals surface area contributed by atoms with Gasteiger partial charge in [-0.05, 0) is 45.2 Å². The highest BCUT2D eigenvalue weighted by Gasteiger charge is 2.20. The van der Waals surface area contributed by atoms with Crippen LogP contribution >= 0.6 is 0 Å². The lowest BCUT2D eigenvalue weighted by Gasteiger charge is -2.28. The van der Waals surface area contributed by atoms with Crippen molar-refractivity contribution in [1.29, 1.82) is 0 Å². The molecule has 1 saturated heterocycles. The van der Waals surface area contributed by atoms with Crippen LogP contribution in [-0.4, -0.2) is 43.7 Å². The molecule has 100 valence electrons. The quantitative estimate of drug-likeness (QED) is 0.715. The Hall–Kier alpha value is -0.610. The highest BCUT2D eigenvalue weighted by molar-refractivity contribution is 5.69. The first kappa shape index (κ1) is 14.5. The van der Waals surface area contributed by atoms with Crippen LogP contribution in [0.1, 0.15) is 39.0 Å². The van der Waals surface area contributed by atoms with Gasteiger partial charge in [-0.1, -0.05) is 6.92 Å². The molecular weight excluding hydrogens is 216 g/mol. The lowest BCUT2D eigenvalue weighted by Crippen LogP contribution is -2.35. The van der Waals surface area contributed by atoms with Gasteiger partial charge in [0.25, 0.3) is 0 Å². The smallest absolute Gasteiger partial charge is 0.306 e. The van der Waals surface area contributed by atoms with Crippen LogP contribution < -0.4 is 5.73 Å². The monoisotopic (exact) mass is 242 g/mol. The summed E-state index contributed by atoms with van der Waals surface area (Å²) < 4.78 is 5.47. The maximum Gasteiger partial charge on any atom is 0.306 e. The minimum atomic E-state index is -0.0385. The normalized spacial score (nSPS) is 20.2. The molecule has 1 fully saturated rings. The fraction of sp³-hybridized carbons (Fsp3) is 0.923. The van der Waals surface area contributed by atoms with Gasteiger partial charge in [-0.15, -0.1) is 0 Å². The zero-order chi connectivity index (χ0) is 12.7. The van der Waals surface area contributed by atoms with E-state index in [0.717, 1.165) is 38.8 Å². The van der Waals surface area contributed by atoms with E-state index in [0.29, 0.717) is 18.9 Å².